The van der Waals surface area contributed by atoms with Crippen LogP contribution >= 0.6 is 0 Å². The Kier molecular flexibility index (Phi) is 10.3. The zero-order chi connectivity index (χ0) is 27.1. The molecule has 0 fully saturated rings. The van der Waals surface area contributed by atoms with Crippen molar-refractivity contribution in [2.75, 3.05) is 0 Å². The van der Waals surface area contributed by atoms with Crippen LogP contribution in [-0.2, 0) is 35.1 Å². The van der Waals surface area contributed by atoms with Crippen LogP contribution in [0.15, 0.2) is 85.0 Å². The Labute approximate surface area is 267 Å². The minimum absolute atomic E-state index is 0. The predicted octanol–water partition coefficient (Wildman–Crippen LogP) is 3.72. The van der Waals surface area contributed by atoms with Crippen LogP contribution in [0.5, 0.6) is 0 Å². The van der Waals surface area contributed by atoms with Gasteiger partial charge in [0.25, 0.3) is 0 Å². The summed E-state index contributed by atoms with van der Waals surface area (Å²) in [6, 6.07) is 20.6. The number of allylic oxidation sites excluding steroid dienone is 6. The molecule has 0 spiro atoms. The van der Waals surface area contributed by atoms with Gasteiger partial charge in [-0.2, -0.15) is 6.08 Å². The van der Waals surface area contributed by atoms with Gasteiger partial charge in [-0.3, -0.25) is 6.08 Å². The van der Waals surface area contributed by atoms with Crippen molar-refractivity contribution >= 4 is 36.9 Å². The van der Waals surface area contributed by atoms with Crippen LogP contribution in [0, 0.1) is 13.0 Å². The largest absolute Gasteiger partial charge is 1.00 e. The van der Waals surface area contributed by atoms with Crippen molar-refractivity contribution in [1.82, 2.24) is 0 Å². The van der Waals surface area contributed by atoms with Crippen molar-refractivity contribution in [3.05, 3.63) is 124 Å². The third kappa shape index (κ3) is 6.65. The number of hydrogen-bond acceptors (Lipinski definition) is 0. The van der Waals surface area contributed by atoms with Crippen LogP contribution in [0.25, 0.3) is 33.7 Å². The normalized spacial score (nSPS) is 15.9. The molecule has 0 saturated heterocycles. The number of benzene rings is 3. The van der Waals surface area contributed by atoms with Gasteiger partial charge < -0.3 is 24.8 Å². The molecule has 0 aromatic heterocycles. The Morgan fingerprint density at radius 3 is 1.68 bits per heavy atom. The Balaban J connectivity index is 0.000000217. The average Bonchev–Trinajstić information content (AvgIpc) is 3.66. The Hall–Kier alpha value is -2.18. The van der Waals surface area contributed by atoms with E-state index in [-0.39, 0.29) is 35.6 Å². The molecule has 204 valence electrons. The van der Waals surface area contributed by atoms with E-state index in [0.29, 0.717) is 0 Å². The van der Waals surface area contributed by atoms with E-state index in [4.69, 9.17) is 0 Å². The topological polar surface area (TPSA) is 0 Å². The number of fused-ring (bicyclic) bond motifs is 5. The van der Waals surface area contributed by atoms with E-state index in [2.05, 4.69) is 133 Å². The van der Waals surface area contributed by atoms with E-state index >= 15 is 0 Å². The molecule has 4 aromatic rings. The molecule has 7 rings (SSSR count). The minimum atomic E-state index is 0. The Bertz CT molecular complexity index is 1560. The van der Waals surface area contributed by atoms with Crippen LogP contribution < -0.4 is 24.8 Å². The molecule has 3 aliphatic carbocycles. The smallest absolute Gasteiger partial charge is 0.109 e. The molecular formula is C37H36Cl2Zr-2. The van der Waals surface area contributed by atoms with Crippen LogP contribution in [-0.4, -0.2) is 3.21 Å². The molecule has 40 heavy (non-hydrogen) atoms. The Morgan fingerprint density at radius 1 is 0.800 bits per heavy atom. The van der Waals surface area contributed by atoms with Crippen LogP contribution in [0.1, 0.15) is 74.4 Å². The summed E-state index contributed by atoms with van der Waals surface area (Å²) in [5.74, 6) is 0. The van der Waals surface area contributed by atoms with Gasteiger partial charge in [-0.15, -0.1) is 46.2 Å². The predicted molar refractivity (Wildman–Crippen MR) is 164 cm³/mol. The number of aryl methyl sites for hydroxylation is 1. The maximum absolute atomic E-state index is 2.99. The minimum Gasteiger partial charge on any atom is -1.00 e. The van der Waals surface area contributed by atoms with E-state index < -0.39 is 0 Å². The SMILES string of the molecule is CC1(C)C=Cc2cc3c(cc21)[cH-]c1cc2c(cc13)C=CC2(C)C.C[C](=[Zr+2])c1ccc(C)cc1.[C-]1=CC=CC1.[Cl-].[Cl-]. The van der Waals surface area contributed by atoms with E-state index in [0.717, 1.165) is 6.42 Å². The summed E-state index contributed by atoms with van der Waals surface area (Å²) in [6.07, 6.45) is 19.2. The van der Waals surface area contributed by atoms with Crippen LogP contribution in [0.2, 0.25) is 0 Å². The van der Waals surface area contributed by atoms with Crippen LogP contribution in [0.3, 0.4) is 0 Å². The molecule has 3 heteroatoms. The van der Waals surface area contributed by atoms with Crippen molar-refractivity contribution in [2.45, 2.75) is 58.8 Å². The average molecular weight is 643 g/mol. The van der Waals surface area contributed by atoms with Crippen LogP contribution in [0.4, 0.5) is 0 Å². The van der Waals surface area contributed by atoms with Gasteiger partial charge >= 0.3 is 76.7 Å². The summed E-state index contributed by atoms with van der Waals surface area (Å²) in [7, 11) is 0. The number of hydrogen-bond donors (Lipinski definition) is 0. The molecule has 0 aliphatic heterocycles. The first-order valence-electron chi connectivity index (χ1n) is 13.5. The van der Waals surface area contributed by atoms with Crippen molar-refractivity contribution in [2.24, 2.45) is 0 Å². The van der Waals surface area contributed by atoms with Gasteiger partial charge in [-0.1, -0.05) is 75.3 Å². The van der Waals surface area contributed by atoms with E-state index in [1.165, 1.54) is 82.4 Å². The third-order valence-electron chi connectivity index (χ3n) is 7.86. The fourth-order valence-electron chi connectivity index (χ4n) is 5.45. The second-order valence-corrected chi connectivity index (χ2v) is 13.6. The zero-order valence-corrected chi connectivity index (χ0v) is 28.2. The van der Waals surface area contributed by atoms with Crippen molar-refractivity contribution in [3.63, 3.8) is 0 Å². The first-order valence-corrected chi connectivity index (χ1v) is 14.7. The standard InChI is InChI=1S/C23H21.C9H10.C5H5.2ClH.Zr/c1-22(2)7-5-14-10-18-16(12-20(14)22)9-17-13-21-15(11-19(17)18)6-8-23(21,3)4;1-3-9-6-4-8(2)5-7-9;1-2-4-5-3-1;;;/h5-13H,1-4H3;4-7H,1-2H3;1-3H,4H2;2*1H;/q-1;;-1;;;+2/p-2. The summed E-state index contributed by atoms with van der Waals surface area (Å²) in [5, 5.41) is 5.53. The summed E-state index contributed by atoms with van der Waals surface area (Å²) in [6.45, 7) is 13.5. The molecule has 0 heterocycles. The molecule has 0 amide bonds. The molecule has 3 aliphatic rings. The van der Waals surface area contributed by atoms with E-state index in [1.54, 1.807) is 0 Å². The molecule has 0 radical (unpaired) electrons. The molecule has 0 unspecified atom stereocenters. The monoisotopic (exact) mass is 640 g/mol. The summed E-state index contributed by atoms with van der Waals surface area (Å²) in [4.78, 5) is 0. The van der Waals surface area contributed by atoms with Gasteiger partial charge in [0.05, 0.1) is 0 Å². The van der Waals surface area contributed by atoms with E-state index in [9.17, 15) is 0 Å². The molecule has 0 N–H and O–H groups in total. The fourth-order valence-corrected chi connectivity index (χ4v) is 5.86. The second kappa shape index (κ2) is 12.8. The van der Waals surface area contributed by atoms with Gasteiger partial charge in [0.1, 0.15) is 0 Å². The van der Waals surface area contributed by atoms with E-state index in [1.807, 2.05) is 12.2 Å². The van der Waals surface area contributed by atoms with Crippen molar-refractivity contribution in [3.8, 4) is 0 Å². The third-order valence-corrected chi connectivity index (χ3v) is 8.57. The maximum Gasteiger partial charge on any atom is -0.109 e. The molecular weight excluding hydrogens is 607 g/mol. The zero-order valence-electron chi connectivity index (χ0n) is 24.2. The summed E-state index contributed by atoms with van der Waals surface area (Å²) >= 11 is 1.51. The molecule has 4 aromatic carbocycles. The number of rotatable bonds is 1. The first-order chi connectivity index (χ1) is 18.0. The summed E-state index contributed by atoms with van der Waals surface area (Å²) in [5.41, 5.74) is 8.68. The van der Waals surface area contributed by atoms with Gasteiger partial charge in [0.2, 0.25) is 0 Å². The molecule has 0 atom stereocenters. The fraction of sp³-hybridized carbons (Fsp3) is 0.243. The number of halogens is 2. The van der Waals surface area contributed by atoms with Gasteiger partial charge in [0.15, 0.2) is 0 Å². The second-order valence-electron chi connectivity index (χ2n) is 11.8. The van der Waals surface area contributed by atoms with Crippen molar-refractivity contribution < 1.29 is 49.0 Å². The molecule has 0 nitrogen and oxygen atoms in total. The van der Waals surface area contributed by atoms with Gasteiger partial charge in [-0.05, 0) is 11.1 Å². The molecule has 0 saturated carbocycles. The first kappa shape index (κ1) is 32.3. The Morgan fingerprint density at radius 2 is 1.30 bits per heavy atom. The van der Waals surface area contributed by atoms with Crippen molar-refractivity contribution in [1.29, 1.82) is 0 Å². The maximum atomic E-state index is 2.99. The summed E-state index contributed by atoms with van der Waals surface area (Å²) < 4.78 is 1.46. The quantitative estimate of drug-likeness (QED) is 0.278. The molecule has 0 bridgehead atoms. The van der Waals surface area contributed by atoms with Gasteiger partial charge in [0, 0.05) is 10.8 Å². The van der Waals surface area contributed by atoms with Gasteiger partial charge in [-0.25, -0.2) is 12.2 Å².